The minimum absolute atomic E-state index is 0.105. The third-order valence-corrected chi connectivity index (χ3v) is 3.01. The first-order valence-electron chi connectivity index (χ1n) is 6.24. The summed E-state index contributed by atoms with van der Waals surface area (Å²) >= 11 is 0. The second-order valence-electron chi connectivity index (χ2n) is 4.35. The van der Waals surface area contributed by atoms with Crippen LogP contribution in [0.5, 0.6) is 5.75 Å². The van der Waals surface area contributed by atoms with Crippen molar-refractivity contribution in [2.45, 2.75) is 6.54 Å². The van der Waals surface area contributed by atoms with Crippen molar-refractivity contribution in [3.63, 3.8) is 0 Å². The molecule has 6 heteroatoms. The van der Waals surface area contributed by atoms with Crippen molar-refractivity contribution in [2.75, 3.05) is 12.4 Å². The number of hydrogen-bond acceptors (Lipinski definition) is 5. The number of benzene rings is 2. The van der Waals surface area contributed by atoms with E-state index in [1.54, 1.807) is 7.11 Å². The maximum atomic E-state index is 11.0. The highest BCUT2D eigenvalue weighted by Gasteiger charge is 2.10. The van der Waals surface area contributed by atoms with Crippen LogP contribution in [-0.2, 0) is 6.54 Å². The Morgan fingerprint density at radius 2 is 1.95 bits per heavy atom. The van der Waals surface area contributed by atoms with Crippen molar-refractivity contribution in [1.29, 1.82) is 0 Å². The number of carbonyl (C=O) groups is 1. The van der Waals surface area contributed by atoms with E-state index in [1.165, 1.54) is 18.2 Å². The molecule has 0 aliphatic rings. The van der Waals surface area contributed by atoms with E-state index >= 15 is 0 Å². The molecule has 2 rings (SSSR count). The lowest BCUT2D eigenvalue weighted by atomic mass is 10.1. The van der Waals surface area contributed by atoms with Crippen molar-refractivity contribution in [1.82, 2.24) is 0 Å². The van der Waals surface area contributed by atoms with Gasteiger partial charge in [-0.05, 0) is 23.8 Å². The number of nitrogens with zero attached hydrogens (tertiary/aromatic N) is 1. The van der Waals surface area contributed by atoms with Crippen molar-refractivity contribution >= 4 is 17.7 Å². The Hall–Kier alpha value is -2.89. The standard InChI is InChI=1S/C15H14N2O4/c1-21-14-5-2-11(3-6-14)9-16-15-7-4-13(17(19)20)8-12(15)10-18/h2-8,10,16H,9H2,1H3. The van der Waals surface area contributed by atoms with E-state index in [4.69, 9.17) is 4.74 Å². The summed E-state index contributed by atoms with van der Waals surface area (Å²) in [5.74, 6) is 0.766. The maximum absolute atomic E-state index is 11.0. The predicted molar refractivity (Wildman–Crippen MR) is 78.8 cm³/mol. The molecule has 0 aliphatic carbocycles. The first kappa shape index (κ1) is 14.5. The zero-order valence-electron chi connectivity index (χ0n) is 11.4. The molecule has 108 valence electrons. The molecule has 2 aromatic carbocycles. The van der Waals surface area contributed by atoms with Crippen molar-refractivity contribution in [3.8, 4) is 5.75 Å². The summed E-state index contributed by atoms with van der Waals surface area (Å²) in [5.41, 5.74) is 1.72. The van der Waals surface area contributed by atoms with Gasteiger partial charge >= 0.3 is 0 Å². The van der Waals surface area contributed by atoms with Crippen LogP contribution < -0.4 is 10.1 Å². The van der Waals surface area contributed by atoms with Gasteiger partial charge in [-0.3, -0.25) is 14.9 Å². The Bertz CT molecular complexity index is 653. The highest BCUT2D eigenvalue weighted by molar-refractivity contribution is 5.85. The lowest BCUT2D eigenvalue weighted by Gasteiger charge is -2.09. The van der Waals surface area contributed by atoms with Gasteiger partial charge in [-0.1, -0.05) is 12.1 Å². The summed E-state index contributed by atoms with van der Waals surface area (Å²) in [6.07, 6.45) is 0.601. The summed E-state index contributed by atoms with van der Waals surface area (Å²) in [7, 11) is 1.60. The van der Waals surface area contributed by atoms with Crippen LogP contribution in [0.15, 0.2) is 42.5 Å². The monoisotopic (exact) mass is 286 g/mol. The molecule has 0 fully saturated rings. The van der Waals surface area contributed by atoms with Gasteiger partial charge in [0, 0.05) is 29.9 Å². The second-order valence-corrected chi connectivity index (χ2v) is 4.35. The van der Waals surface area contributed by atoms with E-state index in [1.807, 2.05) is 24.3 Å². The molecule has 0 amide bonds. The fourth-order valence-corrected chi connectivity index (χ4v) is 1.86. The van der Waals surface area contributed by atoms with E-state index in [0.29, 0.717) is 18.5 Å². The van der Waals surface area contributed by atoms with Gasteiger partial charge in [-0.15, -0.1) is 0 Å². The van der Waals surface area contributed by atoms with Gasteiger partial charge < -0.3 is 10.1 Å². The van der Waals surface area contributed by atoms with Crippen LogP contribution in [0.4, 0.5) is 11.4 Å². The van der Waals surface area contributed by atoms with Crippen LogP contribution in [-0.4, -0.2) is 18.3 Å². The molecule has 0 aromatic heterocycles. The fraction of sp³-hybridized carbons (Fsp3) is 0.133. The normalized spacial score (nSPS) is 9.95. The number of aldehydes is 1. The van der Waals surface area contributed by atoms with Crippen LogP contribution >= 0.6 is 0 Å². The largest absolute Gasteiger partial charge is 0.497 e. The van der Waals surface area contributed by atoms with Crippen molar-refractivity contribution in [2.24, 2.45) is 0 Å². The van der Waals surface area contributed by atoms with Gasteiger partial charge in [0.1, 0.15) is 5.75 Å². The number of ether oxygens (including phenoxy) is 1. The molecule has 2 aromatic rings. The minimum Gasteiger partial charge on any atom is -0.497 e. The van der Waals surface area contributed by atoms with Gasteiger partial charge in [0.25, 0.3) is 5.69 Å². The van der Waals surface area contributed by atoms with Crippen LogP contribution in [0.25, 0.3) is 0 Å². The molecule has 0 spiro atoms. The average Bonchev–Trinajstić information content (AvgIpc) is 2.53. The molecule has 0 saturated carbocycles. The van der Waals surface area contributed by atoms with E-state index in [2.05, 4.69) is 5.32 Å². The van der Waals surface area contributed by atoms with Crippen LogP contribution in [0.1, 0.15) is 15.9 Å². The number of hydrogen-bond donors (Lipinski definition) is 1. The molecule has 21 heavy (non-hydrogen) atoms. The van der Waals surface area contributed by atoms with Crippen LogP contribution in [0, 0.1) is 10.1 Å². The van der Waals surface area contributed by atoms with Gasteiger partial charge in [0.2, 0.25) is 0 Å². The summed E-state index contributed by atoms with van der Waals surface area (Å²) in [6.45, 7) is 0.503. The molecule has 0 bridgehead atoms. The molecule has 0 unspecified atom stereocenters. The van der Waals surface area contributed by atoms with Crippen LogP contribution in [0.2, 0.25) is 0 Å². The first-order valence-corrected chi connectivity index (χ1v) is 6.24. The third-order valence-electron chi connectivity index (χ3n) is 3.01. The van der Waals surface area contributed by atoms with E-state index in [-0.39, 0.29) is 11.3 Å². The predicted octanol–water partition coefficient (Wildman–Crippen LogP) is 3.03. The highest BCUT2D eigenvalue weighted by Crippen LogP contribution is 2.21. The topological polar surface area (TPSA) is 81.5 Å². The molecular weight excluding hydrogens is 272 g/mol. The quantitative estimate of drug-likeness (QED) is 0.501. The molecule has 6 nitrogen and oxygen atoms in total. The van der Waals surface area contributed by atoms with Crippen molar-refractivity contribution in [3.05, 3.63) is 63.7 Å². The van der Waals surface area contributed by atoms with E-state index in [0.717, 1.165) is 11.3 Å². The number of anilines is 1. The summed E-state index contributed by atoms with van der Waals surface area (Å²) in [4.78, 5) is 21.2. The van der Waals surface area contributed by atoms with Crippen molar-refractivity contribution < 1.29 is 14.5 Å². The number of methoxy groups -OCH3 is 1. The molecule has 0 aliphatic heterocycles. The fourth-order valence-electron chi connectivity index (χ4n) is 1.86. The number of nitro groups is 1. The number of nitrogens with one attached hydrogen (secondary N) is 1. The minimum atomic E-state index is -0.528. The zero-order valence-corrected chi connectivity index (χ0v) is 11.4. The molecule has 1 N–H and O–H groups in total. The Morgan fingerprint density at radius 3 is 2.52 bits per heavy atom. The Balaban J connectivity index is 2.11. The Kier molecular flexibility index (Phi) is 4.50. The maximum Gasteiger partial charge on any atom is 0.270 e. The van der Waals surface area contributed by atoms with Crippen LogP contribution in [0.3, 0.4) is 0 Å². The molecular formula is C15H14N2O4. The lowest BCUT2D eigenvalue weighted by Crippen LogP contribution is -2.03. The molecule has 0 saturated heterocycles. The second kappa shape index (κ2) is 6.51. The molecule has 0 atom stereocenters. The Labute approximate surface area is 121 Å². The lowest BCUT2D eigenvalue weighted by molar-refractivity contribution is -0.384. The summed E-state index contributed by atoms with van der Waals surface area (Å²) in [5, 5.41) is 13.8. The highest BCUT2D eigenvalue weighted by atomic mass is 16.6. The molecule has 0 radical (unpaired) electrons. The average molecular weight is 286 g/mol. The Morgan fingerprint density at radius 1 is 1.24 bits per heavy atom. The number of non-ortho nitro benzene ring substituents is 1. The third kappa shape index (κ3) is 3.56. The van der Waals surface area contributed by atoms with Gasteiger partial charge in [-0.2, -0.15) is 0 Å². The SMILES string of the molecule is COc1ccc(CNc2ccc([N+](=O)[O-])cc2C=O)cc1. The van der Waals surface area contributed by atoms with Gasteiger partial charge in [0.15, 0.2) is 6.29 Å². The number of carbonyl (C=O) groups excluding carboxylic acids is 1. The smallest absolute Gasteiger partial charge is 0.270 e. The van der Waals surface area contributed by atoms with E-state index < -0.39 is 4.92 Å². The van der Waals surface area contributed by atoms with Gasteiger partial charge in [-0.25, -0.2) is 0 Å². The van der Waals surface area contributed by atoms with Gasteiger partial charge in [0.05, 0.1) is 12.0 Å². The summed E-state index contributed by atoms with van der Waals surface area (Å²) < 4.78 is 5.07. The zero-order chi connectivity index (χ0) is 15.2. The van der Waals surface area contributed by atoms with E-state index in [9.17, 15) is 14.9 Å². The first-order chi connectivity index (χ1) is 10.1. The summed E-state index contributed by atoms with van der Waals surface area (Å²) in [6, 6.07) is 11.6. The molecule has 0 heterocycles. The number of rotatable bonds is 6. The number of nitro benzene ring substituents is 1.